The van der Waals surface area contributed by atoms with Crippen molar-refractivity contribution in [1.82, 2.24) is 15.5 Å². The van der Waals surface area contributed by atoms with Gasteiger partial charge in [0, 0.05) is 22.4 Å². The first-order valence-electron chi connectivity index (χ1n) is 8.96. The van der Waals surface area contributed by atoms with E-state index in [0.29, 0.717) is 24.1 Å². The zero-order valence-corrected chi connectivity index (χ0v) is 15.0. The van der Waals surface area contributed by atoms with Crippen LogP contribution in [0.3, 0.4) is 0 Å². The van der Waals surface area contributed by atoms with Crippen molar-refractivity contribution < 1.29 is 9.53 Å². The van der Waals surface area contributed by atoms with Crippen LogP contribution in [-0.4, -0.2) is 28.8 Å². The number of nitrogens with zero attached hydrogens (tertiary/aromatic N) is 2. The molecular weight excluding hydrogens is 326 g/mol. The first-order valence-corrected chi connectivity index (χ1v) is 8.96. The number of benzene rings is 2. The van der Waals surface area contributed by atoms with E-state index in [1.807, 2.05) is 37.3 Å². The molecule has 132 valence electrons. The van der Waals surface area contributed by atoms with Gasteiger partial charge in [-0.2, -0.15) is 5.10 Å². The van der Waals surface area contributed by atoms with Gasteiger partial charge < -0.3 is 10.1 Å². The molecule has 1 aromatic heterocycles. The summed E-state index contributed by atoms with van der Waals surface area (Å²) in [7, 11) is 0. The summed E-state index contributed by atoms with van der Waals surface area (Å²) in [5.41, 5.74) is 3.91. The number of hydrogen-bond donors (Lipinski definition) is 1. The minimum absolute atomic E-state index is 0.000891. The number of hydrogen-bond acceptors (Lipinski definition) is 4. The summed E-state index contributed by atoms with van der Waals surface area (Å²) >= 11 is 0. The number of carbonyl (C=O) groups excluding carboxylic acids is 1. The molecule has 4 rings (SSSR count). The predicted molar refractivity (Wildman–Crippen MR) is 101 cm³/mol. The molecule has 1 aliphatic rings. The third kappa shape index (κ3) is 3.25. The normalized spacial score (nSPS) is 13.6. The average molecular weight is 347 g/mol. The van der Waals surface area contributed by atoms with Gasteiger partial charge in [-0.15, -0.1) is 5.10 Å². The smallest absolute Gasteiger partial charge is 0.251 e. The first kappa shape index (κ1) is 16.5. The van der Waals surface area contributed by atoms with Gasteiger partial charge in [-0.25, -0.2) is 0 Å². The van der Waals surface area contributed by atoms with Gasteiger partial charge in [-0.1, -0.05) is 12.1 Å². The highest BCUT2D eigenvalue weighted by atomic mass is 16.5. The number of aromatic nitrogens is 2. The summed E-state index contributed by atoms with van der Waals surface area (Å²) in [5, 5.41) is 13.0. The molecule has 1 saturated carbocycles. The monoisotopic (exact) mass is 347 g/mol. The molecule has 1 amide bonds. The van der Waals surface area contributed by atoms with Crippen LogP contribution in [0.5, 0.6) is 5.88 Å². The Kier molecular flexibility index (Phi) is 4.29. The predicted octanol–water partition coefficient (Wildman–Crippen LogP) is 3.90. The first-order chi connectivity index (χ1) is 12.7. The van der Waals surface area contributed by atoms with E-state index < -0.39 is 0 Å². The maximum absolute atomic E-state index is 12.4. The third-order valence-corrected chi connectivity index (χ3v) is 4.63. The van der Waals surface area contributed by atoms with Gasteiger partial charge in [0.2, 0.25) is 5.88 Å². The average Bonchev–Trinajstić information content (AvgIpc) is 3.46. The Labute approximate surface area is 152 Å². The standard InChI is InChI=1S/C21H21N3O2/c1-3-26-21-18-9-6-14(10-16(18)12-22-24-21)19-11-15(5-4-13(19)2)20(25)23-17-7-8-17/h4-6,9-12,17H,3,7-8H2,1-2H3,(H,23,25). The van der Waals surface area contributed by atoms with Crippen LogP contribution in [0.15, 0.2) is 42.6 Å². The molecule has 0 aliphatic heterocycles. The van der Waals surface area contributed by atoms with Crippen LogP contribution >= 0.6 is 0 Å². The summed E-state index contributed by atoms with van der Waals surface area (Å²) in [6.45, 7) is 4.53. The van der Waals surface area contributed by atoms with E-state index in [-0.39, 0.29) is 5.91 Å². The van der Waals surface area contributed by atoms with Gasteiger partial charge in [-0.3, -0.25) is 4.79 Å². The fourth-order valence-electron chi connectivity index (χ4n) is 3.04. The van der Waals surface area contributed by atoms with E-state index in [0.717, 1.165) is 40.3 Å². The fourth-order valence-corrected chi connectivity index (χ4v) is 3.04. The number of aryl methyl sites for hydroxylation is 1. The van der Waals surface area contributed by atoms with Crippen molar-refractivity contribution in [2.45, 2.75) is 32.7 Å². The molecule has 1 N–H and O–H groups in total. The molecule has 2 aromatic carbocycles. The van der Waals surface area contributed by atoms with Crippen LogP contribution in [0.1, 0.15) is 35.7 Å². The van der Waals surface area contributed by atoms with Crippen molar-refractivity contribution in [3.8, 4) is 17.0 Å². The number of amides is 1. The van der Waals surface area contributed by atoms with Crippen LogP contribution < -0.4 is 10.1 Å². The second kappa shape index (κ2) is 6.75. The maximum Gasteiger partial charge on any atom is 0.251 e. The highest BCUT2D eigenvalue weighted by molar-refractivity contribution is 5.97. The molecule has 26 heavy (non-hydrogen) atoms. The van der Waals surface area contributed by atoms with Crippen molar-refractivity contribution in [2.75, 3.05) is 6.61 Å². The minimum Gasteiger partial charge on any atom is -0.476 e. The van der Waals surface area contributed by atoms with Crippen molar-refractivity contribution in [1.29, 1.82) is 0 Å². The molecule has 5 nitrogen and oxygen atoms in total. The molecular formula is C21H21N3O2. The number of ether oxygens (including phenoxy) is 1. The van der Waals surface area contributed by atoms with E-state index >= 15 is 0 Å². The highest BCUT2D eigenvalue weighted by Gasteiger charge is 2.24. The summed E-state index contributed by atoms with van der Waals surface area (Å²) in [4.78, 5) is 12.4. The zero-order valence-electron chi connectivity index (χ0n) is 15.0. The van der Waals surface area contributed by atoms with Crippen LogP contribution in [0.2, 0.25) is 0 Å². The van der Waals surface area contributed by atoms with Crippen LogP contribution in [0.4, 0.5) is 0 Å². The van der Waals surface area contributed by atoms with Gasteiger partial charge in [0.1, 0.15) is 0 Å². The lowest BCUT2D eigenvalue weighted by Gasteiger charge is -2.11. The molecule has 1 fully saturated rings. The van der Waals surface area contributed by atoms with E-state index in [1.165, 1.54) is 0 Å². The summed E-state index contributed by atoms with van der Waals surface area (Å²) < 4.78 is 5.56. The van der Waals surface area contributed by atoms with Crippen molar-refractivity contribution in [3.63, 3.8) is 0 Å². The molecule has 5 heteroatoms. The second-order valence-corrected chi connectivity index (χ2v) is 6.66. The van der Waals surface area contributed by atoms with Gasteiger partial charge in [0.15, 0.2) is 0 Å². The number of carbonyl (C=O) groups is 1. The molecule has 3 aromatic rings. The Morgan fingerprint density at radius 1 is 1.23 bits per heavy atom. The molecule has 1 heterocycles. The van der Waals surface area contributed by atoms with Crippen molar-refractivity contribution in [2.24, 2.45) is 0 Å². The highest BCUT2D eigenvalue weighted by Crippen LogP contribution is 2.30. The van der Waals surface area contributed by atoms with Crippen molar-refractivity contribution >= 4 is 16.7 Å². The largest absolute Gasteiger partial charge is 0.476 e. The van der Waals surface area contributed by atoms with Crippen LogP contribution in [0, 0.1) is 6.92 Å². The maximum atomic E-state index is 12.4. The SMILES string of the molecule is CCOc1nncc2cc(-c3cc(C(=O)NC4CC4)ccc3C)ccc12. The second-order valence-electron chi connectivity index (χ2n) is 6.66. The molecule has 0 bridgehead atoms. The van der Waals surface area contributed by atoms with Gasteiger partial charge in [-0.05, 0) is 67.6 Å². The Bertz CT molecular complexity index is 980. The molecule has 0 atom stereocenters. The molecule has 0 unspecified atom stereocenters. The lowest BCUT2D eigenvalue weighted by Crippen LogP contribution is -2.25. The van der Waals surface area contributed by atoms with E-state index in [2.05, 4.69) is 28.5 Å². The molecule has 0 spiro atoms. The van der Waals surface area contributed by atoms with Gasteiger partial charge >= 0.3 is 0 Å². The fraction of sp³-hybridized carbons (Fsp3) is 0.286. The Balaban J connectivity index is 1.73. The zero-order chi connectivity index (χ0) is 18.1. The summed E-state index contributed by atoms with van der Waals surface area (Å²) in [5.74, 6) is 0.546. The summed E-state index contributed by atoms with van der Waals surface area (Å²) in [6, 6.07) is 12.3. The molecule has 0 saturated heterocycles. The van der Waals surface area contributed by atoms with Gasteiger partial charge in [0.25, 0.3) is 5.91 Å². The summed E-state index contributed by atoms with van der Waals surface area (Å²) in [6.07, 6.45) is 3.90. The van der Waals surface area contributed by atoms with Crippen LogP contribution in [-0.2, 0) is 0 Å². The van der Waals surface area contributed by atoms with E-state index in [4.69, 9.17) is 4.74 Å². The quantitative estimate of drug-likeness (QED) is 0.760. The Morgan fingerprint density at radius 3 is 2.85 bits per heavy atom. The van der Waals surface area contributed by atoms with Crippen molar-refractivity contribution in [3.05, 3.63) is 53.7 Å². The van der Waals surface area contributed by atoms with Gasteiger partial charge in [0.05, 0.1) is 12.8 Å². The Morgan fingerprint density at radius 2 is 2.08 bits per heavy atom. The molecule has 1 aliphatic carbocycles. The number of nitrogens with one attached hydrogen (secondary N) is 1. The minimum atomic E-state index is -0.000891. The van der Waals surface area contributed by atoms with E-state index in [1.54, 1.807) is 6.20 Å². The van der Waals surface area contributed by atoms with E-state index in [9.17, 15) is 4.79 Å². The number of fused-ring (bicyclic) bond motifs is 1. The lowest BCUT2D eigenvalue weighted by atomic mass is 9.96. The lowest BCUT2D eigenvalue weighted by molar-refractivity contribution is 0.0951. The Hall–Kier alpha value is -2.95. The topological polar surface area (TPSA) is 64.1 Å². The van der Waals surface area contributed by atoms with Crippen LogP contribution in [0.25, 0.3) is 21.9 Å². The molecule has 0 radical (unpaired) electrons. The third-order valence-electron chi connectivity index (χ3n) is 4.63. The number of rotatable bonds is 5.